The molecule has 0 fully saturated rings. The minimum Gasteiger partial charge on any atom is -0.465 e. The molecule has 4 rings (SSSR count). The Bertz CT molecular complexity index is 1190. The van der Waals surface area contributed by atoms with Crippen LogP contribution in [0.2, 0.25) is 0 Å². The van der Waals surface area contributed by atoms with Crippen LogP contribution >= 0.6 is 34.4 Å². The summed E-state index contributed by atoms with van der Waals surface area (Å²) in [7, 11) is 1.39. The Morgan fingerprint density at radius 2 is 1.97 bits per heavy atom. The van der Waals surface area contributed by atoms with E-state index in [4.69, 9.17) is 4.74 Å². The molecule has 188 valence electrons. The third-order valence-corrected chi connectivity index (χ3v) is 9.53. The van der Waals surface area contributed by atoms with Crippen LogP contribution in [0.3, 0.4) is 0 Å². The molecule has 7 nitrogen and oxygen atoms in total. The summed E-state index contributed by atoms with van der Waals surface area (Å²) in [6.45, 7) is 7.12. The molecule has 0 atom stereocenters. The quantitative estimate of drug-likeness (QED) is 0.267. The lowest BCUT2D eigenvalue weighted by Crippen LogP contribution is -2.17. The van der Waals surface area contributed by atoms with Gasteiger partial charge in [0, 0.05) is 27.2 Å². The molecule has 10 heteroatoms. The molecular weight excluding hydrogens is 501 g/mol. The molecule has 35 heavy (non-hydrogen) atoms. The zero-order valence-electron chi connectivity index (χ0n) is 20.7. The van der Waals surface area contributed by atoms with Crippen molar-refractivity contribution in [3.05, 3.63) is 32.3 Å². The number of carbonyl (C=O) groups is 2. The molecule has 0 spiro atoms. The summed E-state index contributed by atoms with van der Waals surface area (Å²) in [6.07, 6.45) is 6.32. The van der Waals surface area contributed by atoms with Gasteiger partial charge in [0.25, 0.3) is 0 Å². The summed E-state index contributed by atoms with van der Waals surface area (Å²) in [4.78, 5) is 28.0. The summed E-state index contributed by atoms with van der Waals surface area (Å²) in [5.74, 6) is 0.930. The lowest BCUT2D eigenvalue weighted by Gasteiger charge is -2.11. The Balaban J connectivity index is 1.48. The number of fused-ring (bicyclic) bond motifs is 1. The number of amides is 1. The Kier molecular flexibility index (Phi) is 8.67. The maximum absolute atomic E-state index is 12.9. The van der Waals surface area contributed by atoms with Gasteiger partial charge >= 0.3 is 5.97 Å². The maximum Gasteiger partial charge on any atom is 0.341 e. The Labute approximate surface area is 218 Å². The monoisotopic (exact) mass is 532 g/mol. The normalized spacial score (nSPS) is 13.9. The van der Waals surface area contributed by atoms with E-state index in [2.05, 4.69) is 47.7 Å². The van der Waals surface area contributed by atoms with Crippen LogP contribution in [0, 0.1) is 0 Å². The number of aromatic nitrogens is 3. The Morgan fingerprint density at radius 1 is 1.20 bits per heavy atom. The average Bonchev–Trinajstić information content (AvgIpc) is 3.54. The number of methoxy groups -OCH3 is 1. The number of esters is 1. The van der Waals surface area contributed by atoms with Gasteiger partial charge in [-0.15, -0.1) is 32.9 Å². The number of anilines is 1. The first-order valence-corrected chi connectivity index (χ1v) is 14.8. The predicted octanol–water partition coefficient (Wildman–Crippen LogP) is 6.39. The van der Waals surface area contributed by atoms with E-state index in [9.17, 15) is 9.59 Å². The van der Waals surface area contributed by atoms with Crippen LogP contribution in [0.15, 0.2) is 16.6 Å². The molecule has 1 aliphatic rings. The summed E-state index contributed by atoms with van der Waals surface area (Å²) in [6, 6.07) is 2.17. The molecule has 0 aliphatic heterocycles. The van der Waals surface area contributed by atoms with Crippen molar-refractivity contribution in [1.82, 2.24) is 14.8 Å². The maximum atomic E-state index is 12.9. The minimum atomic E-state index is -0.377. The SMILES string of the molecule is CCn1c(SCC(=O)Nc2sc3c(c2C(=O)OC)CCCCCC3)nnc1-c1csc(C(C)C)c1. The van der Waals surface area contributed by atoms with Gasteiger partial charge in [-0.05, 0) is 50.2 Å². The first-order valence-electron chi connectivity index (χ1n) is 12.1. The van der Waals surface area contributed by atoms with Crippen molar-refractivity contribution in [2.75, 3.05) is 18.2 Å². The van der Waals surface area contributed by atoms with Crippen LogP contribution in [-0.4, -0.2) is 39.5 Å². The first-order chi connectivity index (χ1) is 16.9. The minimum absolute atomic E-state index is 0.167. The molecular formula is C25H32N4O3S3. The second kappa shape index (κ2) is 11.7. The highest BCUT2D eigenvalue weighted by Gasteiger charge is 2.26. The standard InChI is InChI=1S/C25H32N4O3S3/c1-5-29-22(16-12-19(15(2)3)33-13-16)27-28-25(29)34-14-20(30)26-23-21(24(31)32-4)17-10-8-6-7-9-11-18(17)35-23/h12-13,15H,5-11,14H2,1-4H3,(H,26,30). The van der Waals surface area contributed by atoms with E-state index in [1.807, 2.05) is 4.57 Å². The van der Waals surface area contributed by atoms with E-state index in [1.165, 1.54) is 52.8 Å². The number of hydrogen-bond acceptors (Lipinski definition) is 8. The van der Waals surface area contributed by atoms with Crippen molar-refractivity contribution in [2.24, 2.45) is 0 Å². The highest BCUT2D eigenvalue weighted by molar-refractivity contribution is 7.99. The zero-order valence-corrected chi connectivity index (χ0v) is 23.1. The fraction of sp³-hybridized carbons (Fsp3) is 0.520. The van der Waals surface area contributed by atoms with Gasteiger partial charge in [-0.25, -0.2) is 4.79 Å². The molecule has 3 aromatic heterocycles. The van der Waals surface area contributed by atoms with Gasteiger partial charge in [0.1, 0.15) is 5.00 Å². The topological polar surface area (TPSA) is 86.1 Å². The van der Waals surface area contributed by atoms with E-state index >= 15 is 0 Å². The van der Waals surface area contributed by atoms with Crippen LogP contribution in [0.4, 0.5) is 5.00 Å². The second-order valence-corrected chi connectivity index (χ2v) is 11.9. The van der Waals surface area contributed by atoms with Crippen molar-refractivity contribution in [2.45, 2.75) is 76.9 Å². The predicted molar refractivity (Wildman–Crippen MR) is 144 cm³/mol. The van der Waals surface area contributed by atoms with Gasteiger partial charge in [-0.3, -0.25) is 4.79 Å². The van der Waals surface area contributed by atoms with Crippen molar-refractivity contribution in [3.63, 3.8) is 0 Å². The molecule has 3 heterocycles. The lowest BCUT2D eigenvalue weighted by molar-refractivity contribution is -0.113. The molecule has 0 bridgehead atoms. The molecule has 0 saturated heterocycles. The van der Waals surface area contributed by atoms with Crippen molar-refractivity contribution >= 4 is 51.3 Å². The third-order valence-electron chi connectivity index (χ3n) is 6.13. The zero-order chi connectivity index (χ0) is 24.9. The molecule has 0 radical (unpaired) electrons. The van der Waals surface area contributed by atoms with E-state index < -0.39 is 0 Å². The summed E-state index contributed by atoms with van der Waals surface area (Å²) >= 11 is 4.61. The molecule has 1 N–H and O–H groups in total. The van der Waals surface area contributed by atoms with Crippen LogP contribution in [0.1, 0.15) is 78.0 Å². The number of hydrogen-bond donors (Lipinski definition) is 1. The average molecular weight is 533 g/mol. The van der Waals surface area contributed by atoms with Gasteiger partial charge in [-0.1, -0.05) is 38.5 Å². The van der Waals surface area contributed by atoms with Gasteiger partial charge in [0.15, 0.2) is 11.0 Å². The smallest absolute Gasteiger partial charge is 0.341 e. The van der Waals surface area contributed by atoms with Crippen molar-refractivity contribution in [3.8, 4) is 11.4 Å². The fourth-order valence-electron chi connectivity index (χ4n) is 4.29. The Morgan fingerprint density at radius 3 is 2.66 bits per heavy atom. The van der Waals surface area contributed by atoms with E-state index in [-0.39, 0.29) is 17.6 Å². The molecule has 1 amide bonds. The molecule has 0 unspecified atom stereocenters. The number of thioether (sulfide) groups is 1. The number of ether oxygens (including phenoxy) is 1. The summed E-state index contributed by atoms with van der Waals surface area (Å²) in [5, 5.41) is 15.2. The number of thiophene rings is 2. The first kappa shape index (κ1) is 25.9. The number of aryl methyl sites for hydroxylation is 1. The van der Waals surface area contributed by atoms with Crippen LogP contribution < -0.4 is 5.32 Å². The highest BCUT2D eigenvalue weighted by atomic mass is 32.2. The van der Waals surface area contributed by atoms with Crippen molar-refractivity contribution in [1.29, 1.82) is 0 Å². The lowest BCUT2D eigenvalue weighted by atomic mass is 9.96. The molecule has 0 aromatic carbocycles. The van der Waals surface area contributed by atoms with Crippen LogP contribution in [0.5, 0.6) is 0 Å². The molecule has 0 saturated carbocycles. The van der Waals surface area contributed by atoms with Gasteiger partial charge in [0.05, 0.1) is 18.4 Å². The molecule has 1 aliphatic carbocycles. The van der Waals surface area contributed by atoms with Crippen LogP contribution in [-0.2, 0) is 28.9 Å². The van der Waals surface area contributed by atoms with Gasteiger partial charge < -0.3 is 14.6 Å². The summed E-state index contributed by atoms with van der Waals surface area (Å²) < 4.78 is 7.11. The number of carbonyl (C=O) groups excluding carboxylic acids is 2. The fourth-order valence-corrected chi connectivity index (χ4v) is 7.28. The number of nitrogens with one attached hydrogen (secondary N) is 1. The van der Waals surface area contributed by atoms with Gasteiger partial charge in [0.2, 0.25) is 5.91 Å². The van der Waals surface area contributed by atoms with E-state index in [0.29, 0.717) is 28.2 Å². The number of nitrogens with zero attached hydrogens (tertiary/aromatic N) is 3. The van der Waals surface area contributed by atoms with E-state index in [0.717, 1.165) is 42.6 Å². The second-order valence-electron chi connectivity index (χ2n) is 8.89. The number of rotatable bonds is 8. The van der Waals surface area contributed by atoms with Crippen LogP contribution in [0.25, 0.3) is 11.4 Å². The Hall–Kier alpha value is -2.17. The summed E-state index contributed by atoms with van der Waals surface area (Å²) in [5.41, 5.74) is 2.64. The largest absolute Gasteiger partial charge is 0.465 e. The third kappa shape index (κ3) is 5.81. The van der Waals surface area contributed by atoms with Gasteiger partial charge in [-0.2, -0.15) is 0 Å². The molecule has 3 aromatic rings. The van der Waals surface area contributed by atoms with E-state index in [1.54, 1.807) is 11.3 Å². The van der Waals surface area contributed by atoms with Crippen molar-refractivity contribution < 1.29 is 14.3 Å². The highest BCUT2D eigenvalue weighted by Crippen LogP contribution is 2.38.